The van der Waals surface area contributed by atoms with Crippen LogP contribution in [0, 0.1) is 0 Å². The van der Waals surface area contributed by atoms with E-state index in [2.05, 4.69) is 5.32 Å². The number of aliphatic carboxylic acids is 1. The lowest BCUT2D eigenvalue weighted by Crippen LogP contribution is -2.52. The highest BCUT2D eigenvalue weighted by Crippen LogP contribution is 2.37. The summed E-state index contributed by atoms with van der Waals surface area (Å²) < 4.78 is 43.2. The average molecular weight is 634 g/mol. The summed E-state index contributed by atoms with van der Waals surface area (Å²) >= 11 is 7.42. The molecular formula is C31H27ClF3NO4S2. The first kappa shape index (κ1) is 31.6. The third kappa shape index (κ3) is 8.14. The zero-order valence-corrected chi connectivity index (χ0v) is 25.0. The summed E-state index contributed by atoms with van der Waals surface area (Å²) in [5.74, 6) is -1.15. The van der Waals surface area contributed by atoms with E-state index in [0.717, 1.165) is 10.9 Å². The van der Waals surface area contributed by atoms with Crippen LogP contribution < -0.4 is 10.1 Å². The van der Waals surface area contributed by atoms with Gasteiger partial charge in [-0.05, 0) is 66.4 Å². The fourth-order valence-electron chi connectivity index (χ4n) is 4.22. The van der Waals surface area contributed by atoms with Crippen molar-refractivity contribution in [3.8, 4) is 5.75 Å². The van der Waals surface area contributed by atoms with E-state index in [1.165, 1.54) is 36.0 Å². The zero-order chi connectivity index (χ0) is 30.5. The van der Waals surface area contributed by atoms with Crippen molar-refractivity contribution < 1.29 is 32.6 Å². The smallest absolute Gasteiger partial charge is 0.446 e. The maximum absolute atomic E-state index is 13.6. The van der Waals surface area contributed by atoms with E-state index in [1.807, 2.05) is 30.3 Å². The van der Waals surface area contributed by atoms with Gasteiger partial charge in [-0.15, -0.1) is 11.8 Å². The molecule has 220 valence electrons. The van der Waals surface area contributed by atoms with Crippen molar-refractivity contribution in [2.75, 3.05) is 0 Å². The van der Waals surface area contributed by atoms with Crippen molar-refractivity contribution in [3.05, 3.63) is 107 Å². The Bertz CT molecular complexity index is 1580. The van der Waals surface area contributed by atoms with Crippen LogP contribution in [-0.2, 0) is 17.2 Å². The summed E-state index contributed by atoms with van der Waals surface area (Å²) in [6.07, 6.45) is 0. The summed E-state index contributed by atoms with van der Waals surface area (Å²) in [6.45, 7) is 3.46. The molecule has 0 fully saturated rings. The number of alkyl halides is 3. The Kier molecular flexibility index (Phi) is 10.0. The topological polar surface area (TPSA) is 75.6 Å². The maximum atomic E-state index is 13.6. The molecule has 0 spiro atoms. The molecule has 0 unspecified atom stereocenters. The van der Waals surface area contributed by atoms with Crippen molar-refractivity contribution in [3.63, 3.8) is 0 Å². The number of carbonyl (C=O) groups excluding carboxylic acids is 1. The van der Waals surface area contributed by atoms with Gasteiger partial charge in [0.25, 0.3) is 5.91 Å². The van der Waals surface area contributed by atoms with Crippen molar-refractivity contribution >= 4 is 57.8 Å². The monoisotopic (exact) mass is 633 g/mol. The van der Waals surface area contributed by atoms with Gasteiger partial charge < -0.3 is 15.2 Å². The highest BCUT2D eigenvalue weighted by Gasteiger charge is 2.38. The number of halogens is 4. The van der Waals surface area contributed by atoms with E-state index in [-0.39, 0.29) is 34.6 Å². The maximum Gasteiger partial charge on any atom is 0.446 e. The van der Waals surface area contributed by atoms with E-state index in [1.54, 1.807) is 44.2 Å². The number of fused-ring (bicyclic) bond motifs is 1. The first-order chi connectivity index (χ1) is 19.8. The number of rotatable bonds is 11. The van der Waals surface area contributed by atoms with Crippen molar-refractivity contribution in [2.45, 2.75) is 47.4 Å². The molecule has 0 heterocycles. The molecule has 5 nitrogen and oxygen atoms in total. The van der Waals surface area contributed by atoms with E-state index in [9.17, 15) is 27.9 Å². The number of carboxylic acids is 1. The van der Waals surface area contributed by atoms with E-state index in [4.69, 9.17) is 16.3 Å². The van der Waals surface area contributed by atoms with Crippen LogP contribution in [0.4, 0.5) is 13.2 Å². The molecule has 0 saturated carbocycles. The number of amides is 1. The number of carboxylic acid groups (broad SMARTS) is 1. The van der Waals surface area contributed by atoms with Gasteiger partial charge in [-0.3, -0.25) is 4.79 Å². The minimum absolute atomic E-state index is 0.0210. The largest absolute Gasteiger partial charge is 0.487 e. The summed E-state index contributed by atoms with van der Waals surface area (Å²) in [6, 6.07) is 22.4. The second-order valence-electron chi connectivity index (χ2n) is 9.87. The molecule has 1 amide bonds. The first-order valence-electron chi connectivity index (χ1n) is 12.7. The Morgan fingerprint density at radius 1 is 0.952 bits per heavy atom. The summed E-state index contributed by atoms with van der Waals surface area (Å²) in [5, 5.41) is 14.8. The lowest BCUT2D eigenvalue weighted by molar-refractivity contribution is -0.139. The summed E-state index contributed by atoms with van der Waals surface area (Å²) in [7, 11) is 0. The van der Waals surface area contributed by atoms with Gasteiger partial charge in [0, 0.05) is 25.8 Å². The zero-order valence-electron chi connectivity index (χ0n) is 22.6. The van der Waals surface area contributed by atoms with E-state index in [0.29, 0.717) is 21.7 Å². The molecule has 11 heteroatoms. The van der Waals surface area contributed by atoms with Crippen LogP contribution in [0.3, 0.4) is 0 Å². The fourth-order valence-corrected chi connectivity index (χ4v) is 6.15. The number of carbonyl (C=O) groups is 2. The number of nitrogens with one attached hydrogen (secondary N) is 1. The van der Waals surface area contributed by atoms with Gasteiger partial charge in [-0.25, -0.2) is 4.79 Å². The van der Waals surface area contributed by atoms with Crippen LogP contribution in [-0.4, -0.2) is 33.3 Å². The van der Waals surface area contributed by atoms with Gasteiger partial charge in [0.1, 0.15) is 18.4 Å². The third-order valence-corrected chi connectivity index (χ3v) is 8.98. The Morgan fingerprint density at radius 3 is 2.29 bits per heavy atom. The predicted octanol–water partition coefficient (Wildman–Crippen LogP) is 8.58. The Labute approximate surface area is 254 Å². The van der Waals surface area contributed by atoms with Gasteiger partial charge in [0.15, 0.2) is 0 Å². The van der Waals surface area contributed by atoms with Gasteiger partial charge in [-0.2, -0.15) is 13.2 Å². The fraction of sp³-hybridized carbons (Fsp3) is 0.226. The van der Waals surface area contributed by atoms with Crippen LogP contribution in [0.5, 0.6) is 5.75 Å². The van der Waals surface area contributed by atoms with E-state index >= 15 is 0 Å². The van der Waals surface area contributed by atoms with Crippen LogP contribution in [0.25, 0.3) is 10.8 Å². The summed E-state index contributed by atoms with van der Waals surface area (Å²) in [4.78, 5) is 26.0. The number of hydrogen-bond acceptors (Lipinski definition) is 5. The van der Waals surface area contributed by atoms with Gasteiger partial charge in [0.05, 0.1) is 5.56 Å². The SMILES string of the molecule is CC(C)(SCc1ccccc1Cl)[C@H](NC(=O)c1ccc2ccccc2c1OCc1ccc(SC(F)(F)F)cc1)C(=O)O. The number of benzene rings is 4. The van der Waals surface area contributed by atoms with Crippen LogP contribution in [0.15, 0.2) is 89.8 Å². The molecule has 0 saturated heterocycles. The Morgan fingerprint density at radius 2 is 1.62 bits per heavy atom. The highest BCUT2D eigenvalue weighted by molar-refractivity contribution is 8.00. The molecule has 1 atom stereocenters. The molecular weight excluding hydrogens is 607 g/mol. The van der Waals surface area contributed by atoms with Crippen LogP contribution in [0.2, 0.25) is 5.02 Å². The molecule has 4 aromatic carbocycles. The summed E-state index contributed by atoms with van der Waals surface area (Å²) in [5.41, 5.74) is -2.81. The molecule has 0 aliphatic heterocycles. The van der Waals surface area contributed by atoms with Crippen molar-refractivity contribution in [2.24, 2.45) is 0 Å². The van der Waals surface area contributed by atoms with Gasteiger partial charge in [-0.1, -0.05) is 72.3 Å². The second-order valence-corrected chi connectivity index (χ2v) is 13.0. The number of hydrogen-bond donors (Lipinski definition) is 2. The molecule has 2 N–H and O–H groups in total. The average Bonchev–Trinajstić information content (AvgIpc) is 2.93. The van der Waals surface area contributed by atoms with Crippen molar-refractivity contribution in [1.29, 1.82) is 0 Å². The Hall–Kier alpha value is -3.34. The lowest BCUT2D eigenvalue weighted by Gasteiger charge is -2.32. The number of ether oxygens (including phenoxy) is 1. The molecule has 0 radical (unpaired) electrons. The van der Waals surface area contributed by atoms with Gasteiger partial charge in [0.2, 0.25) is 0 Å². The molecule has 0 bridgehead atoms. The van der Waals surface area contributed by atoms with Crippen LogP contribution in [0.1, 0.15) is 35.3 Å². The number of thioether (sulfide) groups is 2. The minimum atomic E-state index is -4.39. The molecule has 0 aliphatic carbocycles. The highest BCUT2D eigenvalue weighted by atomic mass is 35.5. The minimum Gasteiger partial charge on any atom is -0.487 e. The normalized spacial score (nSPS) is 12.6. The van der Waals surface area contributed by atoms with E-state index < -0.39 is 28.2 Å². The third-order valence-electron chi connectivity index (χ3n) is 6.44. The molecule has 0 aromatic heterocycles. The lowest BCUT2D eigenvalue weighted by atomic mass is 10.0. The molecule has 0 aliphatic rings. The van der Waals surface area contributed by atoms with Crippen molar-refractivity contribution in [1.82, 2.24) is 5.32 Å². The van der Waals surface area contributed by atoms with Crippen LogP contribution >= 0.6 is 35.1 Å². The molecule has 4 rings (SSSR count). The second kappa shape index (κ2) is 13.3. The first-order valence-corrected chi connectivity index (χ1v) is 14.9. The molecule has 42 heavy (non-hydrogen) atoms. The Balaban J connectivity index is 1.56. The van der Waals surface area contributed by atoms with Gasteiger partial charge >= 0.3 is 11.5 Å². The quantitative estimate of drug-likeness (QED) is 0.161. The molecule has 4 aromatic rings. The predicted molar refractivity (Wildman–Crippen MR) is 162 cm³/mol. The standard InChI is InChI=1S/C31H27ClF3NO4S2/c1-30(2,41-18-21-8-4-6-10-25(21)32)27(29(38)39)36-28(37)24-16-13-20-7-3-5-9-23(20)26(24)40-17-19-11-14-22(15-12-19)42-31(33,34)35/h3-16,27H,17-18H2,1-2H3,(H,36,37)(H,38,39)/t27-/m1/s1.